The largest absolute Gasteiger partial charge is 0.481 e. The average Bonchev–Trinajstić information content (AvgIpc) is 3.29. The van der Waals surface area contributed by atoms with Gasteiger partial charge in [-0.15, -0.1) is 0 Å². The molecule has 1 aromatic heterocycles. The Morgan fingerprint density at radius 2 is 2.04 bits per heavy atom. The summed E-state index contributed by atoms with van der Waals surface area (Å²) in [5, 5.41) is 16.5. The van der Waals surface area contributed by atoms with Gasteiger partial charge in [0.05, 0.1) is 13.0 Å². The van der Waals surface area contributed by atoms with E-state index >= 15 is 0 Å². The molecule has 0 spiro atoms. The normalized spacial score (nSPS) is 20.2. The van der Waals surface area contributed by atoms with Crippen LogP contribution in [0, 0.1) is 5.92 Å². The summed E-state index contributed by atoms with van der Waals surface area (Å²) in [5.41, 5.74) is 0. The molecule has 2 aliphatic carbocycles. The molecule has 1 heterocycles. The number of nitrogens with one attached hydrogen (secondary N) is 1. The second kappa shape index (κ2) is 8.60. The summed E-state index contributed by atoms with van der Waals surface area (Å²) in [6.07, 6.45) is 12.3. The summed E-state index contributed by atoms with van der Waals surface area (Å²) in [7, 11) is 0. The Hall–Kier alpha value is -1.43. The van der Waals surface area contributed by atoms with E-state index in [0.29, 0.717) is 24.3 Å². The quantitative estimate of drug-likeness (QED) is 0.679. The van der Waals surface area contributed by atoms with Crippen LogP contribution in [-0.2, 0) is 11.3 Å². The molecule has 0 aliphatic heterocycles. The number of aromatic nitrogens is 2. The smallest absolute Gasteiger partial charge is 0.304 e. The Balaban J connectivity index is 1.49. The lowest BCUT2D eigenvalue weighted by Crippen LogP contribution is -2.16. The number of carboxylic acids is 1. The van der Waals surface area contributed by atoms with Crippen LogP contribution >= 0.6 is 0 Å². The molecular formula is C18H29N3O3. The molecule has 2 saturated carbocycles. The molecule has 2 N–H and O–H groups in total. The van der Waals surface area contributed by atoms with Crippen molar-refractivity contribution in [2.75, 3.05) is 0 Å². The fraction of sp³-hybridized carbons (Fsp3) is 0.833. The molecule has 2 fully saturated rings. The van der Waals surface area contributed by atoms with Crippen LogP contribution in [0.4, 0.5) is 0 Å². The van der Waals surface area contributed by atoms with Crippen LogP contribution in [-0.4, -0.2) is 27.3 Å². The fourth-order valence-electron chi connectivity index (χ4n) is 3.68. The SMILES string of the molecule is O=C(O)C[C@@H](CCCC1CCCCC1)c1nc(CNC2CC2)no1. The predicted octanol–water partition coefficient (Wildman–Crippen LogP) is 3.63. The van der Waals surface area contributed by atoms with Crippen molar-refractivity contribution in [3.8, 4) is 0 Å². The summed E-state index contributed by atoms with van der Waals surface area (Å²) in [5.74, 6) is 1.00. The number of hydrogen-bond donors (Lipinski definition) is 2. The van der Waals surface area contributed by atoms with Crippen molar-refractivity contribution in [2.45, 2.75) is 89.1 Å². The third kappa shape index (κ3) is 5.58. The van der Waals surface area contributed by atoms with Gasteiger partial charge in [0.25, 0.3) is 0 Å². The number of carboxylic acid groups (broad SMARTS) is 1. The second-order valence-corrected chi connectivity index (χ2v) is 7.43. The molecule has 1 aromatic rings. The van der Waals surface area contributed by atoms with E-state index in [-0.39, 0.29) is 12.3 Å². The van der Waals surface area contributed by atoms with Crippen molar-refractivity contribution in [3.05, 3.63) is 11.7 Å². The van der Waals surface area contributed by atoms with Crippen molar-refractivity contribution < 1.29 is 14.4 Å². The minimum Gasteiger partial charge on any atom is -0.481 e. The van der Waals surface area contributed by atoms with Gasteiger partial charge in [0, 0.05) is 12.0 Å². The zero-order chi connectivity index (χ0) is 16.8. The Morgan fingerprint density at radius 1 is 1.25 bits per heavy atom. The molecule has 0 saturated heterocycles. The molecule has 0 amide bonds. The molecule has 0 unspecified atom stereocenters. The first-order chi connectivity index (χ1) is 11.7. The van der Waals surface area contributed by atoms with Crippen LogP contribution in [0.15, 0.2) is 4.52 Å². The van der Waals surface area contributed by atoms with Crippen molar-refractivity contribution in [1.29, 1.82) is 0 Å². The lowest BCUT2D eigenvalue weighted by atomic mass is 9.84. The highest BCUT2D eigenvalue weighted by Crippen LogP contribution is 2.31. The zero-order valence-corrected chi connectivity index (χ0v) is 14.4. The molecule has 6 heteroatoms. The Bertz CT molecular complexity index is 521. The molecular weight excluding hydrogens is 306 g/mol. The monoisotopic (exact) mass is 335 g/mol. The number of hydrogen-bond acceptors (Lipinski definition) is 5. The van der Waals surface area contributed by atoms with Gasteiger partial charge in [0.1, 0.15) is 0 Å². The summed E-state index contributed by atoms with van der Waals surface area (Å²) in [4.78, 5) is 15.6. The number of carbonyl (C=O) groups is 1. The van der Waals surface area contributed by atoms with E-state index in [0.717, 1.165) is 18.8 Å². The summed E-state index contributed by atoms with van der Waals surface area (Å²) in [6.45, 7) is 0.607. The number of nitrogens with zero attached hydrogens (tertiary/aromatic N) is 2. The first-order valence-electron chi connectivity index (χ1n) is 9.48. The average molecular weight is 335 g/mol. The van der Waals surface area contributed by atoms with Crippen LogP contribution < -0.4 is 5.32 Å². The first-order valence-corrected chi connectivity index (χ1v) is 9.48. The molecule has 3 rings (SSSR count). The maximum atomic E-state index is 11.2. The highest BCUT2D eigenvalue weighted by atomic mass is 16.5. The minimum atomic E-state index is -0.798. The lowest BCUT2D eigenvalue weighted by molar-refractivity contribution is -0.137. The molecule has 1 atom stereocenters. The minimum absolute atomic E-state index is 0.0718. The van der Waals surface area contributed by atoms with Crippen molar-refractivity contribution in [1.82, 2.24) is 15.5 Å². The van der Waals surface area contributed by atoms with E-state index < -0.39 is 5.97 Å². The van der Waals surface area contributed by atoms with E-state index in [1.165, 1.54) is 51.4 Å². The summed E-state index contributed by atoms with van der Waals surface area (Å²) < 4.78 is 5.36. The van der Waals surface area contributed by atoms with Gasteiger partial charge >= 0.3 is 5.97 Å². The third-order valence-corrected chi connectivity index (χ3v) is 5.27. The number of aliphatic carboxylic acids is 1. The van der Waals surface area contributed by atoms with Crippen molar-refractivity contribution >= 4 is 5.97 Å². The fourth-order valence-corrected chi connectivity index (χ4v) is 3.68. The van der Waals surface area contributed by atoms with Gasteiger partial charge in [-0.2, -0.15) is 4.98 Å². The van der Waals surface area contributed by atoms with Gasteiger partial charge in [-0.1, -0.05) is 50.1 Å². The van der Waals surface area contributed by atoms with Gasteiger partial charge in [0.15, 0.2) is 5.82 Å². The van der Waals surface area contributed by atoms with Gasteiger partial charge in [0.2, 0.25) is 5.89 Å². The van der Waals surface area contributed by atoms with Gasteiger partial charge in [-0.25, -0.2) is 0 Å². The lowest BCUT2D eigenvalue weighted by Gasteiger charge is -2.21. The third-order valence-electron chi connectivity index (χ3n) is 5.27. The molecule has 2 aliphatic rings. The first kappa shape index (κ1) is 17.4. The molecule has 24 heavy (non-hydrogen) atoms. The summed E-state index contributed by atoms with van der Waals surface area (Å²) >= 11 is 0. The molecule has 6 nitrogen and oxygen atoms in total. The Kier molecular flexibility index (Phi) is 6.24. The van der Waals surface area contributed by atoms with Crippen LogP contribution in [0.3, 0.4) is 0 Å². The highest BCUT2D eigenvalue weighted by molar-refractivity contribution is 5.67. The number of rotatable bonds is 10. The molecule has 0 aromatic carbocycles. The van der Waals surface area contributed by atoms with Crippen LogP contribution in [0.2, 0.25) is 0 Å². The van der Waals surface area contributed by atoms with Crippen molar-refractivity contribution in [2.24, 2.45) is 5.92 Å². The maximum Gasteiger partial charge on any atom is 0.304 e. The predicted molar refractivity (Wildman–Crippen MR) is 89.6 cm³/mol. The van der Waals surface area contributed by atoms with E-state index in [4.69, 9.17) is 4.52 Å². The summed E-state index contributed by atoms with van der Waals surface area (Å²) in [6, 6.07) is 0.595. The highest BCUT2D eigenvalue weighted by Gasteiger charge is 2.24. The van der Waals surface area contributed by atoms with Crippen LogP contribution in [0.1, 0.15) is 88.3 Å². The molecule has 134 valence electrons. The van der Waals surface area contributed by atoms with E-state index in [1.807, 2.05) is 0 Å². The molecule has 0 bridgehead atoms. The van der Waals surface area contributed by atoms with Crippen LogP contribution in [0.5, 0.6) is 0 Å². The Morgan fingerprint density at radius 3 is 2.75 bits per heavy atom. The zero-order valence-electron chi connectivity index (χ0n) is 14.4. The van der Waals surface area contributed by atoms with Crippen molar-refractivity contribution in [3.63, 3.8) is 0 Å². The van der Waals surface area contributed by atoms with Crippen LogP contribution in [0.25, 0.3) is 0 Å². The van der Waals surface area contributed by atoms with Gasteiger partial charge in [-0.05, 0) is 25.2 Å². The van der Waals surface area contributed by atoms with E-state index in [1.54, 1.807) is 0 Å². The maximum absolute atomic E-state index is 11.2. The van der Waals surface area contributed by atoms with Gasteiger partial charge < -0.3 is 14.9 Å². The Labute approximate surface area is 143 Å². The topological polar surface area (TPSA) is 88.2 Å². The second-order valence-electron chi connectivity index (χ2n) is 7.43. The molecule has 0 radical (unpaired) electrons. The van der Waals surface area contributed by atoms with E-state index in [9.17, 15) is 9.90 Å². The van der Waals surface area contributed by atoms with E-state index in [2.05, 4.69) is 15.5 Å². The standard InChI is InChI=1S/C18H29N3O3/c22-17(23)11-14(8-4-7-13-5-2-1-3-6-13)18-20-16(21-24-18)12-19-15-9-10-15/h13-15,19H,1-12H2,(H,22,23)/t14-/m1/s1. The van der Waals surface area contributed by atoms with Gasteiger partial charge in [-0.3, -0.25) is 4.79 Å².